The molecule has 0 unspecified atom stereocenters. The smallest absolute Gasteiger partial charge is 0.255 e. The Balaban J connectivity index is 1.74. The van der Waals surface area contributed by atoms with Crippen molar-refractivity contribution in [2.24, 2.45) is 0 Å². The fraction of sp³-hybridized carbons (Fsp3) is 0.267. The molecule has 112 valence electrons. The van der Waals surface area contributed by atoms with Crippen molar-refractivity contribution >= 4 is 29.0 Å². The van der Waals surface area contributed by atoms with Gasteiger partial charge in [0, 0.05) is 29.0 Å². The molecule has 4 nitrogen and oxygen atoms in total. The van der Waals surface area contributed by atoms with Crippen LogP contribution in [0.2, 0.25) is 0 Å². The number of methoxy groups -OCH3 is 1. The summed E-state index contributed by atoms with van der Waals surface area (Å²) < 4.78 is 4.98. The summed E-state index contributed by atoms with van der Waals surface area (Å²) in [6.45, 7) is 0.570. The first-order chi connectivity index (χ1) is 10.2. The Labute approximate surface area is 132 Å². The van der Waals surface area contributed by atoms with E-state index in [9.17, 15) is 9.90 Å². The molecule has 2 aromatic rings. The monoisotopic (exact) mass is 323 g/mol. The summed E-state index contributed by atoms with van der Waals surface area (Å²) in [5, 5.41) is 14.6. The normalized spacial score (nSPS) is 10.3. The maximum Gasteiger partial charge on any atom is 0.255 e. The third kappa shape index (κ3) is 4.68. The first kappa shape index (κ1) is 15.7. The van der Waals surface area contributed by atoms with E-state index in [0.29, 0.717) is 12.3 Å². The second kappa shape index (κ2) is 7.95. The van der Waals surface area contributed by atoms with Gasteiger partial charge in [0.25, 0.3) is 5.91 Å². The van der Waals surface area contributed by atoms with E-state index >= 15 is 0 Å². The Morgan fingerprint density at radius 2 is 2.29 bits per heavy atom. The van der Waals surface area contributed by atoms with Gasteiger partial charge in [-0.1, -0.05) is 6.07 Å². The minimum absolute atomic E-state index is 0.0712. The summed E-state index contributed by atoms with van der Waals surface area (Å²) in [7, 11) is 1.51. The average molecular weight is 323 g/mol. The molecule has 1 aromatic heterocycles. The van der Waals surface area contributed by atoms with Gasteiger partial charge in [-0.15, -0.1) is 11.3 Å². The molecule has 1 heterocycles. The standard InChI is InChI=1S/C15H17NO3S2/c1-19-11-4-5-13(14(17)9-11)15(18)16-6-8-20-10-12-3-2-7-21-12/h2-5,7,9,17H,6,8,10H2,1H3,(H,16,18). The lowest BCUT2D eigenvalue weighted by Gasteiger charge is -2.08. The highest BCUT2D eigenvalue weighted by Gasteiger charge is 2.11. The van der Waals surface area contributed by atoms with E-state index in [2.05, 4.69) is 16.8 Å². The molecular formula is C15H17NO3S2. The van der Waals surface area contributed by atoms with Crippen LogP contribution in [0.1, 0.15) is 15.2 Å². The third-order valence-corrected chi connectivity index (χ3v) is 4.87. The number of phenols is 1. The lowest BCUT2D eigenvalue weighted by Crippen LogP contribution is -2.25. The van der Waals surface area contributed by atoms with Crippen molar-refractivity contribution in [2.45, 2.75) is 5.75 Å². The number of aromatic hydroxyl groups is 1. The Hall–Kier alpha value is -1.66. The van der Waals surface area contributed by atoms with Gasteiger partial charge in [0.05, 0.1) is 12.7 Å². The first-order valence-corrected chi connectivity index (χ1v) is 8.49. The Kier molecular flexibility index (Phi) is 5.95. The van der Waals surface area contributed by atoms with Crippen LogP contribution in [-0.4, -0.2) is 30.4 Å². The second-order valence-electron chi connectivity index (χ2n) is 4.27. The molecule has 2 N–H and O–H groups in total. The molecule has 0 aliphatic heterocycles. The minimum Gasteiger partial charge on any atom is -0.507 e. The van der Waals surface area contributed by atoms with Gasteiger partial charge in [-0.3, -0.25) is 4.79 Å². The van der Waals surface area contributed by atoms with Crippen LogP contribution in [0.3, 0.4) is 0 Å². The number of benzene rings is 1. The first-order valence-electron chi connectivity index (χ1n) is 6.46. The number of amides is 1. The zero-order chi connectivity index (χ0) is 15.1. The topological polar surface area (TPSA) is 58.6 Å². The number of carbonyl (C=O) groups is 1. The maximum atomic E-state index is 11.9. The number of hydrogen-bond donors (Lipinski definition) is 2. The Bertz CT molecular complexity index is 585. The van der Waals surface area contributed by atoms with Crippen LogP contribution in [0.5, 0.6) is 11.5 Å². The molecule has 1 aromatic carbocycles. The summed E-state index contributed by atoms with van der Waals surface area (Å²) >= 11 is 3.51. The van der Waals surface area contributed by atoms with E-state index in [1.807, 2.05) is 6.07 Å². The zero-order valence-electron chi connectivity index (χ0n) is 11.7. The summed E-state index contributed by atoms with van der Waals surface area (Å²) in [4.78, 5) is 13.3. The molecule has 0 fully saturated rings. The number of hydrogen-bond acceptors (Lipinski definition) is 5. The van der Waals surface area contributed by atoms with Crippen LogP contribution in [0.15, 0.2) is 35.7 Å². The number of carbonyl (C=O) groups excluding carboxylic acids is 1. The van der Waals surface area contributed by atoms with Crippen molar-refractivity contribution in [3.05, 3.63) is 46.2 Å². The Morgan fingerprint density at radius 1 is 1.43 bits per heavy atom. The highest BCUT2D eigenvalue weighted by molar-refractivity contribution is 7.98. The summed E-state index contributed by atoms with van der Waals surface area (Å²) in [6, 6.07) is 8.78. The number of ether oxygens (including phenoxy) is 1. The summed E-state index contributed by atoms with van der Waals surface area (Å²) in [6.07, 6.45) is 0. The van der Waals surface area contributed by atoms with Crippen LogP contribution >= 0.6 is 23.1 Å². The van der Waals surface area contributed by atoms with E-state index in [0.717, 1.165) is 11.5 Å². The number of thioether (sulfide) groups is 1. The molecule has 0 saturated carbocycles. The molecule has 2 rings (SSSR count). The molecule has 21 heavy (non-hydrogen) atoms. The van der Waals surface area contributed by atoms with Gasteiger partial charge in [-0.25, -0.2) is 0 Å². The van der Waals surface area contributed by atoms with Gasteiger partial charge >= 0.3 is 0 Å². The van der Waals surface area contributed by atoms with Crippen LogP contribution in [-0.2, 0) is 5.75 Å². The van der Waals surface area contributed by atoms with Gasteiger partial charge in [-0.05, 0) is 23.6 Å². The number of rotatable bonds is 7. The number of phenolic OH excluding ortho intramolecular Hbond substituents is 1. The molecule has 0 saturated heterocycles. The molecule has 0 aliphatic carbocycles. The fourth-order valence-electron chi connectivity index (χ4n) is 1.73. The lowest BCUT2D eigenvalue weighted by molar-refractivity contribution is 0.0953. The highest BCUT2D eigenvalue weighted by Crippen LogP contribution is 2.23. The van der Waals surface area contributed by atoms with Crippen LogP contribution in [0.4, 0.5) is 0 Å². The molecule has 0 spiro atoms. The van der Waals surface area contributed by atoms with E-state index < -0.39 is 0 Å². The molecule has 0 bridgehead atoms. The number of thiophene rings is 1. The van der Waals surface area contributed by atoms with E-state index in [1.54, 1.807) is 35.2 Å². The predicted octanol–water partition coefficient (Wildman–Crippen LogP) is 3.13. The lowest BCUT2D eigenvalue weighted by atomic mass is 10.2. The van der Waals surface area contributed by atoms with Crippen molar-refractivity contribution in [1.29, 1.82) is 0 Å². The maximum absolute atomic E-state index is 11.9. The van der Waals surface area contributed by atoms with E-state index in [1.165, 1.54) is 18.1 Å². The molecule has 0 aliphatic rings. The van der Waals surface area contributed by atoms with Gasteiger partial charge in [-0.2, -0.15) is 11.8 Å². The quantitative estimate of drug-likeness (QED) is 0.769. The molecule has 0 atom stereocenters. The van der Waals surface area contributed by atoms with Crippen LogP contribution < -0.4 is 10.1 Å². The zero-order valence-corrected chi connectivity index (χ0v) is 13.3. The average Bonchev–Trinajstić information content (AvgIpc) is 2.99. The van der Waals surface area contributed by atoms with Gasteiger partial charge in [0.2, 0.25) is 0 Å². The van der Waals surface area contributed by atoms with E-state index in [-0.39, 0.29) is 17.2 Å². The number of nitrogens with one attached hydrogen (secondary N) is 1. The SMILES string of the molecule is COc1ccc(C(=O)NCCSCc2cccs2)c(O)c1. The highest BCUT2D eigenvalue weighted by atomic mass is 32.2. The molecular weight excluding hydrogens is 306 g/mol. The fourth-order valence-corrected chi connectivity index (χ4v) is 3.43. The predicted molar refractivity (Wildman–Crippen MR) is 87.5 cm³/mol. The van der Waals surface area contributed by atoms with Crippen molar-refractivity contribution < 1.29 is 14.6 Å². The largest absolute Gasteiger partial charge is 0.507 e. The van der Waals surface area contributed by atoms with E-state index in [4.69, 9.17) is 4.74 Å². The minimum atomic E-state index is -0.271. The van der Waals surface area contributed by atoms with Crippen LogP contribution in [0.25, 0.3) is 0 Å². The van der Waals surface area contributed by atoms with Crippen molar-refractivity contribution in [2.75, 3.05) is 19.4 Å². The van der Waals surface area contributed by atoms with Gasteiger partial charge in [0.1, 0.15) is 11.5 Å². The molecule has 0 radical (unpaired) electrons. The van der Waals surface area contributed by atoms with Crippen molar-refractivity contribution in [1.82, 2.24) is 5.32 Å². The molecule has 1 amide bonds. The Morgan fingerprint density at radius 3 is 2.95 bits per heavy atom. The van der Waals surface area contributed by atoms with Crippen molar-refractivity contribution in [3.63, 3.8) is 0 Å². The third-order valence-electron chi connectivity index (χ3n) is 2.81. The summed E-state index contributed by atoms with van der Waals surface area (Å²) in [5.74, 6) is 1.97. The van der Waals surface area contributed by atoms with Gasteiger partial charge < -0.3 is 15.2 Å². The molecule has 6 heteroatoms. The van der Waals surface area contributed by atoms with Crippen molar-refractivity contribution in [3.8, 4) is 11.5 Å². The van der Waals surface area contributed by atoms with Crippen LogP contribution in [0, 0.1) is 0 Å². The summed E-state index contributed by atoms with van der Waals surface area (Å²) in [5.41, 5.74) is 0.263. The van der Waals surface area contributed by atoms with Gasteiger partial charge in [0.15, 0.2) is 0 Å². The second-order valence-corrected chi connectivity index (χ2v) is 6.41.